The van der Waals surface area contributed by atoms with E-state index < -0.39 is 12.0 Å². The topological polar surface area (TPSA) is 49.3 Å². The highest BCUT2D eigenvalue weighted by atomic mass is 32.2. The second-order valence-electron chi connectivity index (χ2n) is 4.02. The SMILES string of the molecule is C[C@H](NCC1Cc2ccccc2S1)C(=O)O. The molecule has 4 heteroatoms. The highest BCUT2D eigenvalue weighted by molar-refractivity contribution is 8.00. The zero-order valence-corrected chi connectivity index (χ0v) is 9.96. The number of aliphatic carboxylic acids is 1. The second kappa shape index (κ2) is 4.89. The number of carbonyl (C=O) groups is 1. The molecule has 2 N–H and O–H groups in total. The van der Waals surface area contributed by atoms with Crippen LogP contribution in [0.4, 0.5) is 0 Å². The maximum atomic E-state index is 10.7. The van der Waals surface area contributed by atoms with E-state index in [1.54, 1.807) is 6.92 Å². The summed E-state index contributed by atoms with van der Waals surface area (Å²) in [6.45, 7) is 2.42. The number of carboxylic acid groups (broad SMARTS) is 1. The normalized spacial score (nSPS) is 20.4. The molecule has 3 nitrogen and oxygen atoms in total. The Labute approximate surface area is 99.2 Å². The van der Waals surface area contributed by atoms with Crippen molar-refractivity contribution in [3.8, 4) is 0 Å². The number of thioether (sulfide) groups is 1. The van der Waals surface area contributed by atoms with E-state index in [0.717, 1.165) is 13.0 Å². The predicted octanol–water partition coefficient (Wildman–Crippen LogP) is 1.77. The van der Waals surface area contributed by atoms with Crippen LogP contribution in [0, 0.1) is 0 Å². The van der Waals surface area contributed by atoms with Crippen molar-refractivity contribution in [3.05, 3.63) is 29.8 Å². The minimum Gasteiger partial charge on any atom is -0.480 e. The number of hydrogen-bond donors (Lipinski definition) is 2. The van der Waals surface area contributed by atoms with Crippen molar-refractivity contribution in [2.75, 3.05) is 6.54 Å². The Kier molecular flexibility index (Phi) is 3.51. The number of carboxylic acids is 1. The smallest absolute Gasteiger partial charge is 0.320 e. The molecular weight excluding hydrogens is 222 g/mol. The monoisotopic (exact) mass is 237 g/mol. The van der Waals surface area contributed by atoms with Gasteiger partial charge < -0.3 is 10.4 Å². The lowest BCUT2D eigenvalue weighted by atomic mass is 10.1. The molecule has 0 radical (unpaired) electrons. The molecule has 1 heterocycles. The fraction of sp³-hybridized carbons (Fsp3) is 0.417. The minimum atomic E-state index is -0.791. The molecule has 2 rings (SSSR count). The summed E-state index contributed by atoms with van der Waals surface area (Å²) in [6, 6.07) is 7.89. The van der Waals surface area contributed by atoms with Crippen molar-refractivity contribution in [2.45, 2.75) is 29.5 Å². The van der Waals surface area contributed by atoms with Crippen LogP contribution in [0.25, 0.3) is 0 Å². The van der Waals surface area contributed by atoms with Gasteiger partial charge in [0.2, 0.25) is 0 Å². The molecule has 1 aliphatic heterocycles. The molecule has 2 atom stereocenters. The summed E-state index contributed by atoms with van der Waals surface area (Å²) < 4.78 is 0. The fourth-order valence-electron chi connectivity index (χ4n) is 1.76. The Morgan fingerprint density at radius 3 is 3.06 bits per heavy atom. The summed E-state index contributed by atoms with van der Waals surface area (Å²) in [5.41, 5.74) is 1.38. The molecule has 1 aromatic rings. The first-order valence-electron chi connectivity index (χ1n) is 5.37. The Morgan fingerprint density at radius 1 is 1.62 bits per heavy atom. The Hall–Kier alpha value is -1.00. The van der Waals surface area contributed by atoms with E-state index in [-0.39, 0.29) is 0 Å². The lowest BCUT2D eigenvalue weighted by Crippen LogP contribution is -2.37. The van der Waals surface area contributed by atoms with Crippen molar-refractivity contribution in [1.82, 2.24) is 5.32 Å². The third-order valence-electron chi connectivity index (χ3n) is 2.74. The van der Waals surface area contributed by atoms with Gasteiger partial charge in [0.05, 0.1) is 0 Å². The van der Waals surface area contributed by atoms with Crippen LogP contribution in [-0.4, -0.2) is 28.9 Å². The van der Waals surface area contributed by atoms with Gasteiger partial charge in [-0.25, -0.2) is 0 Å². The largest absolute Gasteiger partial charge is 0.480 e. The summed E-state index contributed by atoms with van der Waals surface area (Å²) in [5, 5.41) is 12.3. The van der Waals surface area contributed by atoms with Gasteiger partial charge in [0.15, 0.2) is 0 Å². The fourth-order valence-corrected chi connectivity index (χ4v) is 3.02. The molecule has 0 saturated heterocycles. The number of rotatable bonds is 4. The summed E-state index contributed by atoms with van der Waals surface area (Å²) in [7, 11) is 0. The van der Waals surface area contributed by atoms with Crippen molar-refractivity contribution in [2.24, 2.45) is 0 Å². The van der Waals surface area contributed by atoms with Gasteiger partial charge in [0, 0.05) is 16.7 Å². The van der Waals surface area contributed by atoms with Gasteiger partial charge in [-0.15, -0.1) is 11.8 Å². The van der Waals surface area contributed by atoms with Crippen LogP contribution in [0.15, 0.2) is 29.2 Å². The van der Waals surface area contributed by atoms with Crippen molar-refractivity contribution < 1.29 is 9.90 Å². The summed E-state index contributed by atoms with van der Waals surface area (Å²) in [5.74, 6) is -0.791. The molecule has 0 aromatic heterocycles. The van der Waals surface area contributed by atoms with E-state index in [9.17, 15) is 4.79 Å². The molecule has 1 aliphatic rings. The first-order valence-corrected chi connectivity index (χ1v) is 6.25. The highest BCUT2D eigenvalue weighted by Gasteiger charge is 2.22. The van der Waals surface area contributed by atoms with Crippen LogP contribution in [0.5, 0.6) is 0 Å². The average Bonchev–Trinajstić information content (AvgIpc) is 2.68. The average molecular weight is 237 g/mol. The number of benzene rings is 1. The van der Waals surface area contributed by atoms with Crippen LogP contribution >= 0.6 is 11.8 Å². The summed E-state index contributed by atoms with van der Waals surface area (Å²) >= 11 is 1.83. The van der Waals surface area contributed by atoms with Crippen molar-refractivity contribution in [3.63, 3.8) is 0 Å². The van der Waals surface area contributed by atoms with E-state index in [1.165, 1.54) is 10.5 Å². The van der Waals surface area contributed by atoms with Gasteiger partial charge in [-0.1, -0.05) is 18.2 Å². The standard InChI is InChI=1S/C12H15NO2S/c1-8(12(14)15)13-7-10-6-9-4-2-3-5-11(9)16-10/h2-5,8,10,13H,6-7H2,1H3,(H,14,15)/t8-,10?/m0/s1. The molecule has 16 heavy (non-hydrogen) atoms. The van der Waals surface area contributed by atoms with Gasteiger partial charge in [0.25, 0.3) is 0 Å². The molecule has 0 saturated carbocycles. The van der Waals surface area contributed by atoms with E-state index in [1.807, 2.05) is 17.8 Å². The molecule has 0 bridgehead atoms. The Balaban J connectivity index is 1.86. The van der Waals surface area contributed by atoms with Crippen LogP contribution < -0.4 is 5.32 Å². The Morgan fingerprint density at radius 2 is 2.38 bits per heavy atom. The van der Waals surface area contributed by atoms with Crippen LogP contribution in [-0.2, 0) is 11.2 Å². The van der Waals surface area contributed by atoms with Gasteiger partial charge in [-0.3, -0.25) is 4.79 Å². The van der Waals surface area contributed by atoms with Gasteiger partial charge in [-0.05, 0) is 25.0 Å². The molecule has 1 aromatic carbocycles. The molecule has 0 aliphatic carbocycles. The minimum absolute atomic E-state index is 0.458. The van der Waals surface area contributed by atoms with Gasteiger partial charge in [-0.2, -0.15) is 0 Å². The van der Waals surface area contributed by atoms with Gasteiger partial charge in [0.1, 0.15) is 6.04 Å². The lowest BCUT2D eigenvalue weighted by Gasteiger charge is -2.12. The van der Waals surface area contributed by atoms with E-state index in [2.05, 4.69) is 23.5 Å². The van der Waals surface area contributed by atoms with Crippen molar-refractivity contribution >= 4 is 17.7 Å². The lowest BCUT2D eigenvalue weighted by molar-refractivity contribution is -0.138. The molecule has 86 valence electrons. The van der Waals surface area contributed by atoms with Crippen LogP contribution in [0.2, 0.25) is 0 Å². The Bertz CT molecular complexity index is 369. The van der Waals surface area contributed by atoms with Crippen LogP contribution in [0.3, 0.4) is 0 Å². The predicted molar refractivity (Wildman–Crippen MR) is 64.9 cm³/mol. The number of nitrogens with one attached hydrogen (secondary N) is 1. The zero-order valence-electron chi connectivity index (χ0n) is 9.14. The molecule has 1 unspecified atom stereocenters. The summed E-state index contributed by atoms with van der Waals surface area (Å²) in [6.07, 6.45) is 1.03. The number of fused-ring (bicyclic) bond motifs is 1. The molecule has 0 fully saturated rings. The third-order valence-corrected chi connectivity index (χ3v) is 4.05. The maximum absolute atomic E-state index is 10.7. The van der Waals surface area contributed by atoms with Gasteiger partial charge >= 0.3 is 5.97 Å². The van der Waals surface area contributed by atoms with Crippen LogP contribution in [0.1, 0.15) is 12.5 Å². The molecule has 0 spiro atoms. The maximum Gasteiger partial charge on any atom is 0.320 e. The summed E-state index contributed by atoms with van der Waals surface area (Å²) in [4.78, 5) is 12.0. The van der Waals surface area contributed by atoms with E-state index in [4.69, 9.17) is 5.11 Å². The first kappa shape index (κ1) is 11.5. The second-order valence-corrected chi connectivity index (χ2v) is 5.36. The zero-order chi connectivity index (χ0) is 11.5. The van der Waals surface area contributed by atoms with Crippen molar-refractivity contribution in [1.29, 1.82) is 0 Å². The third kappa shape index (κ3) is 2.57. The molecule has 0 amide bonds. The quantitative estimate of drug-likeness (QED) is 0.838. The van der Waals surface area contributed by atoms with E-state index >= 15 is 0 Å². The first-order chi connectivity index (χ1) is 7.66. The molecular formula is C12H15NO2S. The number of hydrogen-bond acceptors (Lipinski definition) is 3. The van der Waals surface area contributed by atoms with E-state index in [0.29, 0.717) is 5.25 Å². The highest BCUT2D eigenvalue weighted by Crippen LogP contribution is 2.36.